The Labute approximate surface area is 160 Å². The van der Waals surface area contributed by atoms with Crippen LogP contribution in [-0.2, 0) is 4.79 Å². The van der Waals surface area contributed by atoms with Gasteiger partial charge in [-0.25, -0.2) is 0 Å². The SMILES string of the molecule is CCCCCOc1ccc(NC(=O)/C(C#N)=C/c2ccc(OC)cc2)cc1. The van der Waals surface area contributed by atoms with Gasteiger partial charge in [0.25, 0.3) is 5.91 Å². The fourth-order valence-electron chi connectivity index (χ4n) is 2.39. The van der Waals surface area contributed by atoms with E-state index in [0.717, 1.165) is 30.6 Å². The highest BCUT2D eigenvalue weighted by molar-refractivity contribution is 6.09. The molecule has 2 aromatic rings. The highest BCUT2D eigenvalue weighted by atomic mass is 16.5. The summed E-state index contributed by atoms with van der Waals surface area (Å²) in [6.07, 6.45) is 4.86. The van der Waals surface area contributed by atoms with Gasteiger partial charge in [0, 0.05) is 5.69 Å². The number of benzene rings is 2. The fraction of sp³-hybridized carbons (Fsp3) is 0.273. The van der Waals surface area contributed by atoms with Gasteiger partial charge < -0.3 is 14.8 Å². The average Bonchev–Trinajstić information content (AvgIpc) is 2.71. The number of carbonyl (C=O) groups excluding carboxylic acids is 1. The van der Waals surface area contributed by atoms with E-state index in [1.165, 1.54) is 0 Å². The van der Waals surface area contributed by atoms with Gasteiger partial charge in [0.1, 0.15) is 23.1 Å². The van der Waals surface area contributed by atoms with E-state index in [1.807, 2.05) is 6.07 Å². The molecule has 0 aliphatic rings. The number of ether oxygens (including phenoxy) is 2. The quantitative estimate of drug-likeness (QED) is 0.394. The Morgan fingerprint density at radius 3 is 2.33 bits per heavy atom. The van der Waals surface area contributed by atoms with Crippen LogP contribution in [0, 0.1) is 11.3 Å². The number of nitriles is 1. The lowest BCUT2D eigenvalue weighted by Crippen LogP contribution is -2.13. The first-order valence-corrected chi connectivity index (χ1v) is 8.96. The molecule has 2 rings (SSSR count). The first kappa shape index (κ1) is 20.1. The molecule has 5 heteroatoms. The van der Waals surface area contributed by atoms with Crippen molar-refractivity contribution in [2.24, 2.45) is 0 Å². The largest absolute Gasteiger partial charge is 0.497 e. The molecule has 0 unspecified atom stereocenters. The smallest absolute Gasteiger partial charge is 0.266 e. The molecule has 27 heavy (non-hydrogen) atoms. The monoisotopic (exact) mass is 364 g/mol. The van der Waals surface area contributed by atoms with Crippen molar-refractivity contribution in [1.82, 2.24) is 0 Å². The van der Waals surface area contributed by atoms with E-state index in [4.69, 9.17) is 9.47 Å². The summed E-state index contributed by atoms with van der Waals surface area (Å²) in [6, 6.07) is 16.2. The second-order valence-electron chi connectivity index (χ2n) is 5.98. The number of hydrogen-bond donors (Lipinski definition) is 1. The molecule has 0 aromatic heterocycles. The zero-order chi connectivity index (χ0) is 19.5. The van der Waals surface area contributed by atoms with Crippen molar-refractivity contribution in [3.63, 3.8) is 0 Å². The molecule has 0 radical (unpaired) electrons. The molecule has 0 aliphatic heterocycles. The van der Waals surface area contributed by atoms with E-state index < -0.39 is 5.91 Å². The Hall–Kier alpha value is -3.26. The topological polar surface area (TPSA) is 71.3 Å². The Morgan fingerprint density at radius 1 is 1.07 bits per heavy atom. The predicted molar refractivity (Wildman–Crippen MR) is 107 cm³/mol. The maximum Gasteiger partial charge on any atom is 0.266 e. The lowest BCUT2D eigenvalue weighted by atomic mass is 10.1. The normalized spacial score (nSPS) is 10.8. The number of nitrogens with one attached hydrogen (secondary N) is 1. The van der Waals surface area contributed by atoms with Crippen LogP contribution in [0.25, 0.3) is 6.08 Å². The minimum Gasteiger partial charge on any atom is -0.497 e. The van der Waals surface area contributed by atoms with Crippen molar-refractivity contribution in [2.45, 2.75) is 26.2 Å². The van der Waals surface area contributed by atoms with E-state index in [-0.39, 0.29) is 5.57 Å². The number of methoxy groups -OCH3 is 1. The summed E-state index contributed by atoms with van der Waals surface area (Å²) in [5.41, 5.74) is 1.38. The first-order valence-electron chi connectivity index (χ1n) is 8.96. The summed E-state index contributed by atoms with van der Waals surface area (Å²) in [7, 11) is 1.58. The molecule has 0 fully saturated rings. The van der Waals surface area contributed by atoms with Crippen LogP contribution in [0.5, 0.6) is 11.5 Å². The Balaban J connectivity index is 1.97. The molecule has 5 nitrogen and oxygen atoms in total. The molecule has 2 aromatic carbocycles. The molecular formula is C22H24N2O3. The lowest BCUT2D eigenvalue weighted by molar-refractivity contribution is -0.112. The first-order chi connectivity index (χ1) is 13.2. The highest BCUT2D eigenvalue weighted by Crippen LogP contribution is 2.18. The van der Waals surface area contributed by atoms with Gasteiger partial charge >= 0.3 is 0 Å². The molecule has 1 amide bonds. The van der Waals surface area contributed by atoms with E-state index >= 15 is 0 Å². The second kappa shape index (κ2) is 10.7. The molecule has 0 saturated carbocycles. The van der Waals surface area contributed by atoms with Gasteiger partial charge in [-0.05, 0) is 54.5 Å². The standard InChI is InChI=1S/C22H24N2O3/c1-3-4-5-14-27-21-12-8-19(9-13-21)24-22(25)18(16-23)15-17-6-10-20(26-2)11-7-17/h6-13,15H,3-5,14H2,1-2H3,(H,24,25)/b18-15+. The Kier molecular flexibility index (Phi) is 7.92. The maximum atomic E-state index is 12.3. The van der Waals surface area contributed by atoms with Crippen LogP contribution >= 0.6 is 0 Å². The average molecular weight is 364 g/mol. The van der Waals surface area contributed by atoms with Gasteiger partial charge in [0.15, 0.2) is 0 Å². The number of unbranched alkanes of at least 4 members (excludes halogenated alkanes) is 2. The summed E-state index contributed by atoms with van der Waals surface area (Å²) < 4.78 is 10.7. The molecule has 0 atom stereocenters. The number of nitrogens with zero attached hydrogens (tertiary/aromatic N) is 1. The second-order valence-corrected chi connectivity index (χ2v) is 5.98. The van der Waals surface area contributed by atoms with Crippen LogP contribution in [0.2, 0.25) is 0 Å². The molecule has 0 bridgehead atoms. The molecular weight excluding hydrogens is 340 g/mol. The van der Waals surface area contributed by atoms with Crippen molar-refractivity contribution >= 4 is 17.7 Å². The maximum absolute atomic E-state index is 12.3. The Bertz CT molecular complexity index is 803. The summed E-state index contributed by atoms with van der Waals surface area (Å²) in [5.74, 6) is 1.02. The minimum absolute atomic E-state index is 0.0278. The molecule has 140 valence electrons. The van der Waals surface area contributed by atoms with Crippen molar-refractivity contribution in [3.05, 3.63) is 59.7 Å². The van der Waals surface area contributed by atoms with Crippen molar-refractivity contribution < 1.29 is 14.3 Å². The van der Waals surface area contributed by atoms with Gasteiger partial charge in [-0.1, -0.05) is 31.9 Å². The van der Waals surface area contributed by atoms with Crippen LogP contribution in [-0.4, -0.2) is 19.6 Å². The number of anilines is 1. The zero-order valence-electron chi connectivity index (χ0n) is 15.7. The van der Waals surface area contributed by atoms with Crippen LogP contribution in [0.4, 0.5) is 5.69 Å². The third kappa shape index (κ3) is 6.52. The van der Waals surface area contributed by atoms with Crippen LogP contribution in [0.15, 0.2) is 54.1 Å². The Morgan fingerprint density at radius 2 is 1.74 bits per heavy atom. The predicted octanol–water partition coefficient (Wildman–Crippen LogP) is 4.81. The van der Waals surface area contributed by atoms with Crippen molar-refractivity contribution in [1.29, 1.82) is 5.26 Å². The van der Waals surface area contributed by atoms with E-state index in [0.29, 0.717) is 18.0 Å². The summed E-state index contributed by atoms with van der Waals surface area (Å²) in [6.45, 7) is 2.83. The van der Waals surface area contributed by atoms with E-state index in [9.17, 15) is 10.1 Å². The number of amides is 1. The summed E-state index contributed by atoms with van der Waals surface area (Å²) in [4.78, 5) is 12.3. The number of hydrogen-bond acceptors (Lipinski definition) is 4. The fourth-order valence-corrected chi connectivity index (χ4v) is 2.39. The van der Waals surface area contributed by atoms with Gasteiger partial charge in [-0.2, -0.15) is 5.26 Å². The number of rotatable bonds is 9. The van der Waals surface area contributed by atoms with Crippen molar-refractivity contribution in [3.8, 4) is 17.6 Å². The van der Waals surface area contributed by atoms with Crippen molar-refractivity contribution in [2.75, 3.05) is 19.0 Å². The van der Waals surface area contributed by atoms with Gasteiger partial charge in [-0.3, -0.25) is 4.79 Å². The zero-order valence-corrected chi connectivity index (χ0v) is 15.7. The lowest BCUT2D eigenvalue weighted by Gasteiger charge is -2.08. The minimum atomic E-state index is -0.454. The van der Waals surface area contributed by atoms with Gasteiger partial charge in [0.2, 0.25) is 0 Å². The molecule has 0 heterocycles. The third-order valence-corrected chi connectivity index (χ3v) is 3.92. The van der Waals surface area contributed by atoms with Gasteiger partial charge in [0.05, 0.1) is 13.7 Å². The molecule has 0 spiro atoms. The van der Waals surface area contributed by atoms with Crippen LogP contribution < -0.4 is 14.8 Å². The summed E-state index contributed by atoms with van der Waals surface area (Å²) in [5, 5.41) is 12.0. The molecule has 0 aliphatic carbocycles. The number of carbonyl (C=O) groups is 1. The van der Waals surface area contributed by atoms with E-state index in [2.05, 4.69) is 12.2 Å². The summed E-state index contributed by atoms with van der Waals surface area (Å²) >= 11 is 0. The highest BCUT2D eigenvalue weighted by Gasteiger charge is 2.09. The van der Waals surface area contributed by atoms with Crippen LogP contribution in [0.1, 0.15) is 31.7 Å². The van der Waals surface area contributed by atoms with Crippen LogP contribution in [0.3, 0.4) is 0 Å². The third-order valence-electron chi connectivity index (χ3n) is 3.92. The molecule has 1 N–H and O–H groups in total. The van der Waals surface area contributed by atoms with Gasteiger partial charge in [-0.15, -0.1) is 0 Å². The van der Waals surface area contributed by atoms with E-state index in [1.54, 1.807) is 61.7 Å². The molecule has 0 saturated heterocycles.